The van der Waals surface area contributed by atoms with Crippen LogP contribution in [0, 0.1) is 5.92 Å². The third-order valence-electron chi connectivity index (χ3n) is 3.28. The van der Waals surface area contributed by atoms with Gasteiger partial charge in [0.05, 0.1) is 19.1 Å². The third kappa shape index (κ3) is 3.70. The molecule has 0 aromatic heterocycles. The van der Waals surface area contributed by atoms with Crippen LogP contribution in [0.3, 0.4) is 0 Å². The fourth-order valence-corrected chi connectivity index (χ4v) is 2.33. The molecule has 1 fully saturated rings. The van der Waals surface area contributed by atoms with Gasteiger partial charge in [-0.05, 0) is 19.3 Å². The molecule has 1 saturated heterocycles. The van der Waals surface area contributed by atoms with E-state index < -0.39 is 0 Å². The van der Waals surface area contributed by atoms with Gasteiger partial charge in [-0.2, -0.15) is 0 Å². The van der Waals surface area contributed by atoms with Crippen LogP contribution < -0.4 is 0 Å². The van der Waals surface area contributed by atoms with Crippen molar-refractivity contribution in [2.45, 2.75) is 39.2 Å². The van der Waals surface area contributed by atoms with Gasteiger partial charge in [0.25, 0.3) is 0 Å². The molecule has 2 atom stereocenters. The Bertz CT molecular complexity index is 293. The number of ether oxygens (including phenoxy) is 2. The van der Waals surface area contributed by atoms with Gasteiger partial charge in [0.1, 0.15) is 6.54 Å². The van der Waals surface area contributed by atoms with Crippen LogP contribution in [0.2, 0.25) is 0 Å². The van der Waals surface area contributed by atoms with E-state index in [0.717, 1.165) is 19.3 Å². The highest BCUT2D eigenvalue weighted by Gasteiger charge is 2.35. The first-order valence-electron chi connectivity index (χ1n) is 6.61. The molecule has 1 rings (SSSR count). The van der Waals surface area contributed by atoms with Crippen molar-refractivity contribution in [1.29, 1.82) is 0 Å². The van der Waals surface area contributed by atoms with E-state index in [9.17, 15) is 9.59 Å². The molecule has 2 unspecified atom stereocenters. The van der Waals surface area contributed by atoms with Crippen LogP contribution in [-0.2, 0) is 19.1 Å². The molecular formula is C13H23NO4. The zero-order valence-electron chi connectivity index (χ0n) is 11.5. The Kier molecular flexibility index (Phi) is 6.12. The van der Waals surface area contributed by atoms with Crippen molar-refractivity contribution in [3.05, 3.63) is 0 Å². The minimum atomic E-state index is -0.372. The molecule has 0 aliphatic carbocycles. The Morgan fingerprint density at radius 2 is 2.11 bits per heavy atom. The average molecular weight is 257 g/mol. The standard InChI is InChI=1S/C13H23NO4/c1-4-7-14(9-12(15)17-3)13(16)10-6-8-18-11(10)5-2/h10-11H,4-9H2,1-3H3. The molecule has 104 valence electrons. The predicted octanol–water partition coefficient (Wildman–Crippen LogP) is 1.21. The fourth-order valence-electron chi connectivity index (χ4n) is 2.33. The second-order valence-corrected chi connectivity index (χ2v) is 4.55. The SMILES string of the molecule is CCCN(CC(=O)OC)C(=O)C1CCOC1CC. The van der Waals surface area contributed by atoms with Gasteiger partial charge in [0.15, 0.2) is 0 Å². The summed E-state index contributed by atoms with van der Waals surface area (Å²) in [6, 6.07) is 0. The first-order chi connectivity index (χ1) is 8.63. The minimum Gasteiger partial charge on any atom is -0.468 e. The summed E-state index contributed by atoms with van der Waals surface area (Å²) in [5.41, 5.74) is 0. The van der Waals surface area contributed by atoms with Crippen LogP contribution in [0.1, 0.15) is 33.1 Å². The first kappa shape index (κ1) is 15.0. The van der Waals surface area contributed by atoms with Crippen molar-refractivity contribution in [2.75, 3.05) is 26.8 Å². The van der Waals surface area contributed by atoms with E-state index in [1.165, 1.54) is 7.11 Å². The summed E-state index contributed by atoms with van der Waals surface area (Å²) in [5.74, 6) is -0.457. The zero-order chi connectivity index (χ0) is 13.5. The average Bonchev–Trinajstić information content (AvgIpc) is 2.85. The number of carbonyl (C=O) groups excluding carboxylic acids is 2. The third-order valence-corrected chi connectivity index (χ3v) is 3.28. The molecule has 0 aromatic carbocycles. The van der Waals surface area contributed by atoms with Crippen LogP contribution >= 0.6 is 0 Å². The Hall–Kier alpha value is -1.10. The maximum atomic E-state index is 12.4. The van der Waals surface area contributed by atoms with Crippen LogP contribution in [0.5, 0.6) is 0 Å². The van der Waals surface area contributed by atoms with Gasteiger partial charge in [-0.1, -0.05) is 13.8 Å². The number of nitrogens with zero attached hydrogens (tertiary/aromatic N) is 1. The van der Waals surface area contributed by atoms with Crippen molar-refractivity contribution >= 4 is 11.9 Å². The number of amides is 1. The van der Waals surface area contributed by atoms with Crippen LogP contribution in [0.4, 0.5) is 0 Å². The molecular weight excluding hydrogens is 234 g/mol. The number of rotatable bonds is 6. The maximum Gasteiger partial charge on any atom is 0.325 e. The lowest BCUT2D eigenvalue weighted by atomic mass is 9.98. The minimum absolute atomic E-state index is 0.00509. The molecule has 0 radical (unpaired) electrons. The molecule has 5 heteroatoms. The topological polar surface area (TPSA) is 55.8 Å². The monoisotopic (exact) mass is 257 g/mol. The molecule has 0 bridgehead atoms. The highest BCUT2D eigenvalue weighted by atomic mass is 16.5. The van der Waals surface area contributed by atoms with Crippen molar-refractivity contribution in [1.82, 2.24) is 4.90 Å². The summed E-state index contributed by atoms with van der Waals surface area (Å²) in [4.78, 5) is 25.3. The molecule has 0 aromatic rings. The van der Waals surface area contributed by atoms with Crippen molar-refractivity contribution in [3.8, 4) is 0 Å². The Morgan fingerprint density at radius 1 is 1.39 bits per heavy atom. The van der Waals surface area contributed by atoms with Gasteiger partial charge in [-0.3, -0.25) is 9.59 Å². The van der Waals surface area contributed by atoms with Gasteiger partial charge in [-0.15, -0.1) is 0 Å². The number of esters is 1. The fraction of sp³-hybridized carbons (Fsp3) is 0.846. The van der Waals surface area contributed by atoms with Crippen LogP contribution in [0.25, 0.3) is 0 Å². The summed E-state index contributed by atoms with van der Waals surface area (Å²) < 4.78 is 10.2. The second-order valence-electron chi connectivity index (χ2n) is 4.55. The molecule has 1 aliphatic heterocycles. The van der Waals surface area contributed by atoms with Gasteiger partial charge in [0, 0.05) is 13.2 Å². The van der Waals surface area contributed by atoms with E-state index in [4.69, 9.17) is 4.74 Å². The Labute approximate surface area is 108 Å². The summed E-state index contributed by atoms with van der Waals surface area (Å²) in [6.07, 6.45) is 2.40. The number of hydrogen-bond donors (Lipinski definition) is 0. The van der Waals surface area contributed by atoms with E-state index >= 15 is 0 Å². The van der Waals surface area contributed by atoms with Gasteiger partial charge < -0.3 is 14.4 Å². The highest BCUT2D eigenvalue weighted by Crippen LogP contribution is 2.25. The Morgan fingerprint density at radius 3 is 2.67 bits per heavy atom. The van der Waals surface area contributed by atoms with Crippen LogP contribution in [0.15, 0.2) is 0 Å². The molecule has 18 heavy (non-hydrogen) atoms. The summed E-state index contributed by atoms with van der Waals surface area (Å²) >= 11 is 0. The van der Waals surface area contributed by atoms with E-state index in [0.29, 0.717) is 13.2 Å². The summed E-state index contributed by atoms with van der Waals surface area (Å²) in [5, 5.41) is 0. The first-order valence-corrected chi connectivity index (χ1v) is 6.61. The quantitative estimate of drug-likeness (QED) is 0.671. The van der Waals surface area contributed by atoms with Gasteiger partial charge in [-0.25, -0.2) is 0 Å². The maximum absolute atomic E-state index is 12.4. The zero-order valence-corrected chi connectivity index (χ0v) is 11.5. The van der Waals surface area contributed by atoms with Crippen molar-refractivity contribution in [3.63, 3.8) is 0 Å². The lowest BCUT2D eigenvalue weighted by molar-refractivity contribution is -0.149. The molecule has 0 spiro atoms. The lowest BCUT2D eigenvalue weighted by Gasteiger charge is -2.26. The van der Waals surface area contributed by atoms with E-state index in [1.54, 1.807) is 4.90 Å². The normalized spacial score (nSPS) is 22.8. The molecule has 0 N–H and O–H groups in total. The number of methoxy groups -OCH3 is 1. The predicted molar refractivity (Wildman–Crippen MR) is 67.0 cm³/mol. The van der Waals surface area contributed by atoms with Crippen LogP contribution in [-0.4, -0.2) is 49.7 Å². The molecule has 1 amide bonds. The largest absolute Gasteiger partial charge is 0.468 e. The molecule has 5 nitrogen and oxygen atoms in total. The molecule has 0 saturated carbocycles. The molecule has 1 aliphatic rings. The van der Waals surface area contributed by atoms with E-state index in [-0.39, 0.29) is 30.4 Å². The van der Waals surface area contributed by atoms with E-state index in [2.05, 4.69) is 4.74 Å². The van der Waals surface area contributed by atoms with E-state index in [1.807, 2.05) is 13.8 Å². The van der Waals surface area contributed by atoms with Crippen molar-refractivity contribution in [2.24, 2.45) is 5.92 Å². The number of hydrogen-bond acceptors (Lipinski definition) is 4. The Balaban J connectivity index is 2.66. The smallest absolute Gasteiger partial charge is 0.325 e. The van der Waals surface area contributed by atoms with Gasteiger partial charge in [0.2, 0.25) is 5.91 Å². The summed E-state index contributed by atoms with van der Waals surface area (Å²) in [7, 11) is 1.34. The highest BCUT2D eigenvalue weighted by molar-refractivity contribution is 5.84. The van der Waals surface area contributed by atoms with Gasteiger partial charge >= 0.3 is 5.97 Å². The number of carbonyl (C=O) groups is 2. The molecule has 1 heterocycles. The second kappa shape index (κ2) is 7.36. The lowest BCUT2D eigenvalue weighted by Crippen LogP contribution is -2.42. The summed E-state index contributed by atoms with van der Waals surface area (Å²) in [6.45, 7) is 5.25. The van der Waals surface area contributed by atoms with Crippen molar-refractivity contribution < 1.29 is 19.1 Å².